The lowest BCUT2D eigenvalue weighted by molar-refractivity contribution is 0.527. The molecule has 2 heterocycles. The topological polar surface area (TPSA) is 68.5 Å². The lowest BCUT2D eigenvalue weighted by Gasteiger charge is -2.13. The molecule has 0 radical (unpaired) electrons. The van der Waals surface area contributed by atoms with Crippen LogP contribution in [-0.4, -0.2) is 31.8 Å². The molecule has 0 spiro atoms. The highest BCUT2D eigenvalue weighted by Gasteiger charge is 2.15. The fourth-order valence-corrected chi connectivity index (χ4v) is 1.50. The van der Waals surface area contributed by atoms with E-state index in [1.54, 1.807) is 29.5 Å². The minimum absolute atomic E-state index is 0.0594. The number of aryl methyl sites for hydroxylation is 1. The Labute approximate surface area is 93.8 Å². The van der Waals surface area contributed by atoms with Crippen molar-refractivity contribution in [2.24, 2.45) is 7.05 Å². The molecule has 1 N–H and O–H groups in total. The predicted octanol–water partition coefficient (Wildman–Crippen LogP) is 0.108. The Morgan fingerprint density at radius 1 is 1.31 bits per heavy atom. The van der Waals surface area contributed by atoms with Crippen LogP contribution < -0.4 is 5.32 Å². The first kappa shape index (κ1) is 10.7. The third-order valence-corrected chi connectivity index (χ3v) is 2.44. The molecule has 0 saturated carbocycles. The highest BCUT2D eigenvalue weighted by molar-refractivity contribution is 5.00. The molecule has 0 aliphatic rings. The third-order valence-electron chi connectivity index (χ3n) is 2.44. The number of hydrogen-bond donors (Lipinski definition) is 1. The van der Waals surface area contributed by atoms with Gasteiger partial charge in [-0.25, -0.2) is 15.0 Å². The van der Waals surface area contributed by atoms with Gasteiger partial charge in [0, 0.05) is 25.9 Å². The van der Waals surface area contributed by atoms with Gasteiger partial charge in [-0.3, -0.25) is 4.68 Å². The molecule has 1 atom stereocenters. The van der Waals surface area contributed by atoms with Gasteiger partial charge in [-0.2, -0.15) is 5.10 Å². The molecule has 2 aromatic heterocycles. The summed E-state index contributed by atoms with van der Waals surface area (Å²) in [5.74, 6) is 1.68. The van der Waals surface area contributed by atoms with E-state index in [2.05, 4.69) is 25.4 Å². The van der Waals surface area contributed by atoms with Crippen LogP contribution in [0.15, 0.2) is 24.8 Å². The molecular weight excluding hydrogens is 204 g/mol. The summed E-state index contributed by atoms with van der Waals surface area (Å²) in [5.41, 5.74) is 0. The maximum Gasteiger partial charge on any atom is 0.145 e. The smallest absolute Gasteiger partial charge is 0.145 e. The molecule has 1 unspecified atom stereocenters. The average molecular weight is 218 g/mol. The summed E-state index contributed by atoms with van der Waals surface area (Å²) in [6.45, 7) is 0. The van der Waals surface area contributed by atoms with Crippen molar-refractivity contribution in [3.63, 3.8) is 0 Å². The van der Waals surface area contributed by atoms with Crippen molar-refractivity contribution in [1.82, 2.24) is 30.0 Å². The lowest BCUT2D eigenvalue weighted by Crippen LogP contribution is -2.22. The molecule has 6 heteroatoms. The van der Waals surface area contributed by atoms with Crippen LogP contribution in [0.3, 0.4) is 0 Å². The Bertz CT molecular complexity index is 438. The van der Waals surface area contributed by atoms with Crippen LogP contribution in [-0.2, 0) is 13.5 Å². The van der Waals surface area contributed by atoms with Gasteiger partial charge < -0.3 is 5.32 Å². The van der Waals surface area contributed by atoms with Crippen molar-refractivity contribution >= 4 is 0 Å². The molecule has 0 aliphatic heterocycles. The zero-order valence-corrected chi connectivity index (χ0v) is 9.33. The Morgan fingerprint density at radius 3 is 2.62 bits per heavy atom. The summed E-state index contributed by atoms with van der Waals surface area (Å²) < 4.78 is 1.76. The van der Waals surface area contributed by atoms with Crippen LogP contribution in [0.25, 0.3) is 0 Å². The molecule has 2 aromatic rings. The zero-order chi connectivity index (χ0) is 11.4. The number of hydrogen-bond acceptors (Lipinski definition) is 5. The minimum atomic E-state index is 0.0594. The van der Waals surface area contributed by atoms with Gasteiger partial charge in [-0.1, -0.05) is 0 Å². The van der Waals surface area contributed by atoms with Crippen LogP contribution in [0.1, 0.15) is 17.7 Å². The Kier molecular flexibility index (Phi) is 3.21. The first-order valence-electron chi connectivity index (χ1n) is 5.08. The highest BCUT2D eigenvalue weighted by Crippen LogP contribution is 2.11. The zero-order valence-electron chi connectivity index (χ0n) is 9.33. The van der Waals surface area contributed by atoms with Gasteiger partial charge in [0.1, 0.15) is 18.0 Å². The Morgan fingerprint density at radius 2 is 2.06 bits per heavy atom. The van der Waals surface area contributed by atoms with Crippen LogP contribution in [0.4, 0.5) is 0 Å². The largest absolute Gasteiger partial charge is 0.310 e. The molecule has 0 amide bonds. The molecule has 0 fully saturated rings. The van der Waals surface area contributed by atoms with E-state index >= 15 is 0 Å². The van der Waals surface area contributed by atoms with Crippen molar-refractivity contribution in [2.45, 2.75) is 12.5 Å². The summed E-state index contributed by atoms with van der Waals surface area (Å²) in [6.07, 6.45) is 5.75. The normalized spacial score (nSPS) is 12.6. The summed E-state index contributed by atoms with van der Waals surface area (Å²) >= 11 is 0. The average Bonchev–Trinajstić information content (AvgIpc) is 2.73. The summed E-state index contributed by atoms with van der Waals surface area (Å²) in [7, 11) is 3.76. The summed E-state index contributed by atoms with van der Waals surface area (Å²) in [5, 5.41) is 7.21. The second-order valence-electron chi connectivity index (χ2n) is 3.45. The van der Waals surface area contributed by atoms with E-state index in [9.17, 15) is 0 Å². The van der Waals surface area contributed by atoms with E-state index in [0.717, 1.165) is 18.1 Å². The SMILES string of the molecule is CNC(Cc1ncnn1C)c1ncccn1. The van der Waals surface area contributed by atoms with E-state index in [0.29, 0.717) is 0 Å². The Hall–Kier alpha value is -1.82. The maximum atomic E-state index is 4.23. The van der Waals surface area contributed by atoms with Crippen molar-refractivity contribution in [3.05, 3.63) is 36.4 Å². The Balaban J connectivity index is 2.16. The van der Waals surface area contributed by atoms with Gasteiger partial charge in [0.25, 0.3) is 0 Å². The molecule has 0 aromatic carbocycles. The van der Waals surface area contributed by atoms with Crippen molar-refractivity contribution < 1.29 is 0 Å². The number of nitrogens with zero attached hydrogens (tertiary/aromatic N) is 5. The second-order valence-corrected chi connectivity index (χ2v) is 3.45. The first-order chi connectivity index (χ1) is 7.81. The van der Waals surface area contributed by atoms with Gasteiger partial charge in [0.05, 0.1) is 6.04 Å². The molecule has 0 saturated heterocycles. The van der Waals surface area contributed by atoms with Crippen LogP contribution in [0.2, 0.25) is 0 Å². The number of likely N-dealkylation sites (N-methyl/N-ethyl adjacent to an activating group) is 1. The molecule has 84 valence electrons. The van der Waals surface area contributed by atoms with Crippen LogP contribution >= 0.6 is 0 Å². The van der Waals surface area contributed by atoms with E-state index < -0.39 is 0 Å². The highest BCUT2D eigenvalue weighted by atomic mass is 15.3. The van der Waals surface area contributed by atoms with Gasteiger partial charge in [0.2, 0.25) is 0 Å². The lowest BCUT2D eigenvalue weighted by atomic mass is 10.2. The van der Waals surface area contributed by atoms with Crippen molar-refractivity contribution in [3.8, 4) is 0 Å². The van der Waals surface area contributed by atoms with E-state index in [4.69, 9.17) is 0 Å². The number of aromatic nitrogens is 5. The second kappa shape index (κ2) is 4.80. The van der Waals surface area contributed by atoms with Gasteiger partial charge >= 0.3 is 0 Å². The number of rotatable bonds is 4. The van der Waals surface area contributed by atoms with Crippen molar-refractivity contribution in [1.29, 1.82) is 0 Å². The van der Waals surface area contributed by atoms with Gasteiger partial charge in [-0.15, -0.1) is 0 Å². The summed E-state index contributed by atoms with van der Waals surface area (Å²) in [6, 6.07) is 1.86. The first-order valence-corrected chi connectivity index (χ1v) is 5.08. The summed E-state index contributed by atoms with van der Waals surface area (Å²) in [4.78, 5) is 12.6. The van der Waals surface area contributed by atoms with Crippen LogP contribution in [0, 0.1) is 0 Å². The van der Waals surface area contributed by atoms with E-state index in [1.165, 1.54) is 0 Å². The molecule has 0 aliphatic carbocycles. The fraction of sp³-hybridized carbons (Fsp3) is 0.400. The molecule has 6 nitrogen and oxygen atoms in total. The molecule has 2 rings (SSSR count). The molecule has 16 heavy (non-hydrogen) atoms. The molecule has 0 bridgehead atoms. The predicted molar refractivity (Wildman–Crippen MR) is 58.5 cm³/mol. The van der Waals surface area contributed by atoms with Crippen LogP contribution in [0.5, 0.6) is 0 Å². The number of nitrogens with one attached hydrogen (secondary N) is 1. The molecular formula is C10H14N6. The van der Waals surface area contributed by atoms with Gasteiger partial charge in [0.15, 0.2) is 0 Å². The fourth-order valence-electron chi connectivity index (χ4n) is 1.50. The third kappa shape index (κ3) is 2.22. The maximum absolute atomic E-state index is 4.23. The standard InChI is InChI=1S/C10H14N6/c1-11-8(10-12-4-3-5-13-10)6-9-14-7-15-16(9)2/h3-5,7-8,11H,6H2,1-2H3. The van der Waals surface area contributed by atoms with E-state index in [-0.39, 0.29) is 6.04 Å². The quantitative estimate of drug-likeness (QED) is 0.788. The van der Waals surface area contributed by atoms with E-state index in [1.807, 2.05) is 14.1 Å². The van der Waals surface area contributed by atoms with Gasteiger partial charge in [-0.05, 0) is 13.1 Å². The minimum Gasteiger partial charge on any atom is -0.310 e. The van der Waals surface area contributed by atoms with Crippen molar-refractivity contribution in [2.75, 3.05) is 7.05 Å². The monoisotopic (exact) mass is 218 g/mol.